The number of hydrogen-bond acceptors (Lipinski definition) is 3. The number of rotatable bonds is 2. The smallest absolute Gasteiger partial charge is 0.259 e. The number of nitrogens with zero attached hydrogens (tertiary/aromatic N) is 2. The number of aryl methyl sites for hydroxylation is 2. The van der Waals surface area contributed by atoms with Crippen LogP contribution < -0.4 is 4.74 Å². The molecule has 2 aliphatic rings. The molecular formula is C18H18N2O2. The van der Waals surface area contributed by atoms with E-state index in [1.54, 1.807) is 7.11 Å². The molecule has 4 nitrogen and oxygen atoms in total. The Labute approximate surface area is 129 Å². The van der Waals surface area contributed by atoms with Gasteiger partial charge in [0.25, 0.3) is 5.91 Å². The first-order valence-electron chi connectivity index (χ1n) is 7.69. The Morgan fingerprint density at radius 1 is 1.14 bits per heavy atom. The van der Waals surface area contributed by atoms with Crippen molar-refractivity contribution in [3.05, 3.63) is 58.3 Å². The molecular weight excluding hydrogens is 276 g/mol. The first kappa shape index (κ1) is 13.3. The van der Waals surface area contributed by atoms with Crippen LogP contribution in [0.25, 0.3) is 0 Å². The summed E-state index contributed by atoms with van der Waals surface area (Å²) >= 11 is 0. The topological polar surface area (TPSA) is 42.4 Å². The third-order valence-corrected chi connectivity index (χ3v) is 4.57. The van der Waals surface area contributed by atoms with E-state index in [4.69, 9.17) is 4.74 Å². The van der Waals surface area contributed by atoms with E-state index < -0.39 is 0 Å². The minimum Gasteiger partial charge on any atom is -0.480 e. The molecule has 1 aliphatic carbocycles. The second kappa shape index (κ2) is 5.13. The van der Waals surface area contributed by atoms with Gasteiger partial charge in [-0.05, 0) is 42.0 Å². The molecule has 0 radical (unpaired) electrons. The number of ether oxygens (including phenoxy) is 1. The summed E-state index contributed by atoms with van der Waals surface area (Å²) in [6, 6.07) is 10.2. The molecule has 1 aliphatic heterocycles. The predicted molar refractivity (Wildman–Crippen MR) is 82.8 cm³/mol. The lowest BCUT2D eigenvalue weighted by atomic mass is 10.1. The Balaban J connectivity index is 1.67. The lowest BCUT2D eigenvalue weighted by Crippen LogP contribution is -2.26. The van der Waals surface area contributed by atoms with Crippen LogP contribution in [-0.4, -0.2) is 22.9 Å². The predicted octanol–water partition coefficient (Wildman–Crippen LogP) is 2.73. The summed E-state index contributed by atoms with van der Waals surface area (Å²) in [5.41, 5.74) is 5.32. The molecule has 1 amide bonds. The molecule has 22 heavy (non-hydrogen) atoms. The minimum absolute atomic E-state index is 0.00949. The number of carbonyl (C=O) groups excluding carboxylic acids is 1. The van der Waals surface area contributed by atoms with E-state index in [0.717, 1.165) is 25.0 Å². The Hall–Kier alpha value is -2.36. The van der Waals surface area contributed by atoms with E-state index >= 15 is 0 Å². The standard InChI is InChI=1S/C18H18N2O2/c1-22-17-15(9-12-7-4-8-16(12)19-17)18(21)20-10-13-5-2-3-6-14(13)11-20/h2-3,5-6,9H,4,7-8,10-11H2,1H3. The molecule has 0 N–H and O–H groups in total. The first-order chi connectivity index (χ1) is 10.8. The maximum atomic E-state index is 12.9. The Morgan fingerprint density at radius 3 is 2.55 bits per heavy atom. The SMILES string of the molecule is COc1nc2c(cc1C(=O)N1Cc3ccccc3C1)CCC2. The number of pyridine rings is 1. The molecule has 4 heteroatoms. The van der Waals surface area contributed by atoms with Gasteiger partial charge in [-0.25, -0.2) is 4.98 Å². The zero-order valence-electron chi connectivity index (χ0n) is 12.6. The third-order valence-electron chi connectivity index (χ3n) is 4.57. The van der Waals surface area contributed by atoms with Crippen LogP contribution in [0.1, 0.15) is 39.2 Å². The van der Waals surface area contributed by atoms with E-state index in [1.807, 2.05) is 23.1 Å². The zero-order valence-corrected chi connectivity index (χ0v) is 12.6. The van der Waals surface area contributed by atoms with Gasteiger partial charge in [0, 0.05) is 18.8 Å². The van der Waals surface area contributed by atoms with Crippen LogP contribution in [0, 0.1) is 0 Å². The van der Waals surface area contributed by atoms with Crippen LogP contribution >= 0.6 is 0 Å². The van der Waals surface area contributed by atoms with Crippen LogP contribution in [0.4, 0.5) is 0 Å². The van der Waals surface area contributed by atoms with Gasteiger partial charge in [-0.15, -0.1) is 0 Å². The second-order valence-corrected chi connectivity index (χ2v) is 5.93. The number of hydrogen-bond donors (Lipinski definition) is 0. The van der Waals surface area contributed by atoms with Crippen LogP contribution in [0.5, 0.6) is 5.88 Å². The van der Waals surface area contributed by atoms with Crippen LogP contribution in [0.3, 0.4) is 0 Å². The summed E-state index contributed by atoms with van der Waals surface area (Å²) in [6.07, 6.45) is 3.10. The van der Waals surface area contributed by atoms with Gasteiger partial charge in [-0.1, -0.05) is 24.3 Å². The summed E-state index contributed by atoms with van der Waals surface area (Å²) in [7, 11) is 1.58. The summed E-state index contributed by atoms with van der Waals surface area (Å²) in [5, 5.41) is 0. The van der Waals surface area contributed by atoms with Crippen LogP contribution in [0.15, 0.2) is 30.3 Å². The first-order valence-corrected chi connectivity index (χ1v) is 7.69. The van der Waals surface area contributed by atoms with Gasteiger partial charge in [-0.2, -0.15) is 0 Å². The summed E-state index contributed by atoms with van der Waals surface area (Å²) in [6.45, 7) is 1.32. The van der Waals surface area contributed by atoms with Crippen molar-refractivity contribution in [1.29, 1.82) is 0 Å². The van der Waals surface area contributed by atoms with Gasteiger partial charge in [0.2, 0.25) is 5.88 Å². The van der Waals surface area contributed by atoms with Crippen LogP contribution in [0.2, 0.25) is 0 Å². The third kappa shape index (κ3) is 2.06. The van der Waals surface area contributed by atoms with E-state index in [1.165, 1.54) is 16.7 Å². The van der Waals surface area contributed by atoms with Gasteiger partial charge in [-0.3, -0.25) is 4.79 Å². The van der Waals surface area contributed by atoms with Crippen molar-refractivity contribution in [2.24, 2.45) is 0 Å². The van der Waals surface area contributed by atoms with Crippen molar-refractivity contribution < 1.29 is 9.53 Å². The number of aromatic nitrogens is 1. The second-order valence-electron chi connectivity index (χ2n) is 5.93. The molecule has 1 aromatic heterocycles. The van der Waals surface area contributed by atoms with Gasteiger partial charge >= 0.3 is 0 Å². The van der Waals surface area contributed by atoms with Crippen molar-refractivity contribution in [2.45, 2.75) is 32.4 Å². The highest BCUT2D eigenvalue weighted by Crippen LogP contribution is 2.30. The van der Waals surface area contributed by atoms with Crippen molar-refractivity contribution in [2.75, 3.05) is 7.11 Å². The van der Waals surface area contributed by atoms with Crippen molar-refractivity contribution in [1.82, 2.24) is 9.88 Å². The molecule has 0 saturated carbocycles. The summed E-state index contributed by atoms with van der Waals surface area (Å²) in [5.74, 6) is 0.469. The molecule has 0 unspecified atom stereocenters. The molecule has 0 atom stereocenters. The van der Waals surface area contributed by atoms with Gasteiger partial charge < -0.3 is 9.64 Å². The van der Waals surface area contributed by atoms with Crippen molar-refractivity contribution in [3.8, 4) is 5.88 Å². The molecule has 0 spiro atoms. The average Bonchev–Trinajstić information content (AvgIpc) is 3.18. The lowest BCUT2D eigenvalue weighted by molar-refractivity contribution is 0.0747. The molecule has 1 aromatic carbocycles. The van der Waals surface area contributed by atoms with Crippen LogP contribution in [-0.2, 0) is 25.9 Å². The molecule has 0 saturated heterocycles. The van der Waals surface area contributed by atoms with E-state index in [0.29, 0.717) is 24.5 Å². The fraction of sp³-hybridized carbons (Fsp3) is 0.333. The zero-order chi connectivity index (χ0) is 15.1. The fourth-order valence-corrected chi connectivity index (χ4v) is 3.41. The number of carbonyl (C=O) groups is 1. The quantitative estimate of drug-likeness (QED) is 0.855. The summed E-state index contributed by atoms with van der Waals surface area (Å²) in [4.78, 5) is 19.3. The van der Waals surface area contributed by atoms with E-state index in [-0.39, 0.29) is 5.91 Å². The van der Waals surface area contributed by atoms with E-state index in [2.05, 4.69) is 17.1 Å². The lowest BCUT2D eigenvalue weighted by Gasteiger charge is -2.17. The van der Waals surface area contributed by atoms with Gasteiger partial charge in [0.1, 0.15) is 5.56 Å². The number of methoxy groups -OCH3 is 1. The maximum Gasteiger partial charge on any atom is 0.259 e. The molecule has 2 heterocycles. The Bertz CT molecular complexity index is 730. The van der Waals surface area contributed by atoms with E-state index in [9.17, 15) is 4.79 Å². The van der Waals surface area contributed by atoms with Gasteiger partial charge in [0.15, 0.2) is 0 Å². The average molecular weight is 294 g/mol. The molecule has 4 rings (SSSR count). The fourth-order valence-electron chi connectivity index (χ4n) is 3.41. The number of benzene rings is 1. The highest BCUT2D eigenvalue weighted by Gasteiger charge is 2.28. The Kier molecular flexibility index (Phi) is 3.10. The largest absolute Gasteiger partial charge is 0.480 e. The summed E-state index contributed by atoms with van der Waals surface area (Å²) < 4.78 is 5.37. The highest BCUT2D eigenvalue weighted by molar-refractivity contribution is 5.97. The highest BCUT2D eigenvalue weighted by atomic mass is 16.5. The Morgan fingerprint density at radius 2 is 1.86 bits per heavy atom. The van der Waals surface area contributed by atoms with Crippen molar-refractivity contribution >= 4 is 5.91 Å². The normalized spacial score (nSPS) is 15.6. The van der Waals surface area contributed by atoms with Crippen molar-refractivity contribution in [3.63, 3.8) is 0 Å². The number of amides is 1. The molecule has 0 fully saturated rings. The minimum atomic E-state index is 0.00949. The molecule has 112 valence electrons. The number of fused-ring (bicyclic) bond motifs is 2. The molecule has 2 aromatic rings. The maximum absolute atomic E-state index is 12.9. The monoisotopic (exact) mass is 294 g/mol. The molecule has 0 bridgehead atoms. The van der Waals surface area contributed by atoms with Gasteiger partial charge in [0.05, 0.1) is 7.11 Å².